The van der Waals surface area contributed by atoms with Gasteiger partial charge in [0.25, 0.3) is 5.89 Å². The minimum atomic E-state index is -3.88. The molecule has 8 nitrogen and oxygen atoms in total. The molecule has 0 saturated carbocycles. The van der Waals surface area contributed by atoms with Crippen LogP contribution in [0.25, 0.3) is 11.6 Å². The molecule has 2 heterocycles. The number of aromatic nitrogens is 3. The third kappa shape index (κ3) is 3.95. The Labute approximate surface area is 148 Å². The van der Waals surface area contributed by atoms with Crippen LogP contribution < -0.4 is 9.46 Å². The summed E-state index contributed by atoms with van der Waals surface area (Å²) < 4.78 is 37.8. The van der Waals surface area contributed by atoms with Crippen molar-refractivity contribution in [3.63, 3.8) is 0 Å². The third-order valence-corrected chi connectivity index (χ3v) is 4.84. The Morgan fingerprint density at radius 3 is 2.80 bits per heavy atom. The highest BCUT2D eigenvalue weighted by Crippen LogP contribution is 2.27. The zero-order chi connectivity index (χ0) is 17.9. The summed E-state index contributed by atoms with van der Waals surface area (Å²) in [5.41, 5.74) is 0.501. The molecule has 0 atom stereocenters. The van der Waals surface area contributed by atoms with Gasteiger partial charge in [-0.3, -0.25) is 4.98 Å². The van der Waals surface area contributed by atoms with Crippen molar-refractivity contribution in [2.24, 2.45) is 0 Å². The summed E-state index contributed by atoms with van der Waals surface area (Å²) in [5, 5.41) is 7.93. The molecular formula is C15H13ClN4O4S. The van der Waals surface area contributed by atoms with Crippen LogP contribution in [0.3, 0.4) is 0 Å². The molecule has 0 amide bonds. The molecule has 0 fully saturated rings. The molecule has 0 saturated heterocycles. The Hall–Kier alpha value is -2.49. The molecule has 10 heteroatoms. The van der Waals surface area contributed by atoms with Gasteiger partial charge in [-0.25, -0.2) is 13.1 Å². The predicted molar refractivity (Wildman–Crippen MR) is 89.6 cm³/mol. The van der Waals surface area contributed by atoms with E-state index in [1.807, 2.05) is 0 Å². The van der Waals surface area contributed by atoms with E-state index < -0.39 is 10.0 Å². The molecule has 1 N–H and O–H groups in total. The van der Waals surface area contributed by atoms with Crippen molar-refractivity contribution in [3.8, 4) is 17.3 Å². The molecule has 1 aromatic carbocycles. The van der Waals surface area contributed by atoms with Gasteiger partial charge in [0.1, 0.15) is 16.3 Å². The number of rotatable bonds is 6. The Kier molecular flexibility index (Phi) is 4.98. The molecule has 0 aliphatic rings. The normalized spacial score (nSPS) is 11.4. The minimum Gasteiger partial charge on any atom is -0.495 e. The van der Waals surface area contributed by atoms with Crippen LogP contribution in [0.4, 0.5) is 0 Å². The molecule has 130 valence electrons. The molecule has 0 radical (unpaired) electrons. The van der Waals surface area contributed by atoms with Crippen molar-refractivity contribution in [2.75, 3.05) is 7.11 Å². The average Bonchev–Trinajstić information content (AvgIpc) is 3.10. The summed E-state index contributed by atoms with van der Waals surface area (Å²) in [6.45, 7) is -0.183. The quantitative estimate of drug-likeness (QED) is 0.698. The summed E-state index contributed by atoms with van der Waals surface area (Å²) in [5.74, 6) is 0.483. The highest BCUT2D eigenvalue weighted by molar-refractivity contribution is 7.89. The second-order valence-corrected chi connectivity index (χ2v) is 7.01. The summed E-state index contributed by atoms with van der Waals surface area (Å²) in [6.07, 6.45) is 1.59. The van der Waals surface area contributed by atoms with Crippen LogP contribution in [0.1, 0.15) is 5.89 Å². The van der Waals surface area contributed by atoms with E-state index in [1.54, 1.807) is 24.4 Å². The number of pyridine rings is 1. The highest BCUT2D eigenvalue weighted by atomic mass is 35.5. The number of halogens is 1. The number of benzene rings is 1. The molecule has 3 aromatic rings. The van der Waals surface area contributed by atoms with Crippen molar-refractivity contribution in [1.82, 2.24) is 19.9 Å². The first-order valence-corrected chi connectivity index (χ1v) is 8.93. The molecule has 2 aromatic heterocycles. The number of ether oxygens (including phenoxy) is 1. The fourth-order valence-electron chi connectivity index (χ4n) is 2.01. The average molecular weight is 381 g/mol. The second kappa shape index (κ2) is 7.18. The van der Waals surface area contributed by atoms with Gasteiger partial charge >= 0.3 is 0 Å². The lowest BCUT2D eigenvalue weighted by molar-refractivity contribution is 0.402. The maximum absolute atomic E-state index is 12.5. The van der Waals surface area contributed by atoms with Gasteiger partial charge in [0.05, 0.1) is 13.7 Å². The van der Waals surface area contributed by atoms with E-state index in [-0.39, 0.29) is 34.0 Å². The van der Waals surface area contributed by atoms with E-state index in [9.17, 15) is 8.42 Å². The first kappa shape index (κ1) is 17.3. The van der Waals surface area contributed by atoms with E-state index in [1.165, 1.54) is 25.3 Å². The van der Waals surface area contributed by atoms with Gasteiger partial charge in [0.2, 0.25) is 15.9 Å². The van der Waals surface area contributed by atoms with Crippen LogP contribution >= 0.6 is 11.6 Å². The zero-order valence-corrected chi connectivity index (χ0v) is 14.6. The van der Waals surface area contributed by atoms with Gasteiger partial charge in [0, 0.05) is 11.2 Å². The van der Waals surface area contributed by atoms with Crippen LogP contribution in [0.15, 0.2) is 51.9 Å². The van der Waals surface area contributed by atoms with Crippen LogP contribution in [0, 0.1) is 0 Å². The summed E-state index contributed by atoms with van der Waals surface area (Å²) in [7, 11) is -2.51. The lowest BCUT2D eigenvalue weighted by Gasteiger charge is -2.10. The van der Waals surface area contributed by atoms with E-state index in [4.69, 9.17) is 20.8 Å². The zero-order valence-electron chi connectivity index (χ0n) is 13.0. The van der Waals surface area contributed by atoms with Gasteiger partial charge < -0.3 is 9.15 Å². The summed E-state index contributed by atoms with van der Waals surface area (Å²) in [4.78, 5) is 4.01. The molecule has 0 spiro atoms. The fraction of sp³-hybridized carbons (Fsp3) is 0.133. The number of nitrogens with one attached hydrogen (secondary N) is 1. The van der Waals surface area contributed by atoms with Gasteiger partial charge in [0.15, 0.2) is 0 Å². The van der Waals surface area contributed by atoms with Crippen molar-refractivity contribution >= 4 is 21.6 Å². The maximum Gasteiger partial charge on any atom is 0.266 e. The Balaban J connectivity index is 1.77. The largest absolute Gasteiger partial charge is 0.495 e. The Morgan fingerprint density at radius 1 is 1.24 bits per heavy atom. The molecule has 25 heavy (non-hydrogen) atoms. The number of hydrogen-bond acceptors (Lipinski definition) is 7. The molecule has 0 unspecified atom stereocenters. The van der Waals surface area contributed by atoms with E-state index in [0.29, 0.717) is 5.69 Å². The van der Waals surface area contributed by atoms with Gasteiger partial charge in [-0.1, -0.05) is 17.7 Å². The summed E-state index contributed by atoms with van der Waals surface area (Å²) >= 11 is 5.87. The smallest absolute Gasteiger partial charge is 0.266 e. The monoisotopic (exact) mass is 380 g/mol. The number of hydrogen-bond donors (Lipinski definition) is 1. The molecule has 0 aliphatic carbocycles. The minimum absolute atomic E-state index is 0.0769. The fourth-order valence-corrected chi connectivity index (χ4v) is 3.42. The van der Waals surface area contributed by atoms with Crippen LogP contribution in [-0.4, -0.2) is 30.7 Å². The predicted octanol–water partition coefficient (Wildman–Crippen LogP) is 2.27. The van der Waals surface area contributed by atoms with Crippen LogP contribution in [-0.2, 0) is 16.6 Å². The van der Waals surface area contributed by atoms with Gasteiger partial charge in [-0.15, -0.1) is 10.2 Å². The number of nitrogens with zero attached hydrogens (tertiary/aromatic N) is 3. The van der Waals surface area contributed by atoms with Crippen molar-refractivity contribution in [1.29, 1.82) is 0 Å². The van der Waals surface area contributed by atoms with Gasteiger partial charge in [-0.05, 0) is 30.3 Å². The lowest BCUT2D eigenvalue weighted by Crippen LogP contribution is -2.24. The topological polar surface area (TPSA) is 107 Å². The van der Waals surface area contributed by atoms with E-state index in [2.05, 4.69) is 19.9 Å². The van der Waals surface area contributed by atoms with E-state index in [0.717, 1.165) is 0 Å². The number of methoxy groups -OCH3 is 1. The first-order valence-electron chi connectivity index (χ1n) is 7.06. The Bertz CT molecular complexity index is 976. The molecule has 3 rings (SSSR count). The summed E-state index contributed by atoms with van der Waals surface area (Å²) in [6, 6.07) is 9.56. The Morgan fingerprint density at radius 2 is 2.08 bits per heavy atom. The van der Waals surface area contributed by atoms with Crippen molar-refractivity contribution < 1.29 is 17.6 Å². The standard InChI is InChI=1S/C15H13ClN4O4S/c1-23-12-6-5-10(16)8-13(12)25(21,22)18-9-14-19-20-15(24-14)11-4-2-3-7-17-11/h2-8,18H,9H2,1H3. The first-order chi connectivity index (χ1) is 12.0. The van der Waals surface area contributed by atoms with Crippen LogP contribution in [0.2, 0.25) is 5.02 Å². The van der Waals surface area contributed by atoms with Crippen molar-refractivity contribution in [2.45, 2.75) is 11.4 Å². The maximum atomic E-state index is 12.5. The molecule has 0 aliphatic heterocycles. The van der Waals surface area contributed by atoms with Crippen molar-refractivity contribution in [3.05, 3.63) is 53.5 Å². The highest BCUT2D eigenvalue weighted by Gasteiger charge is 2.21. The number of sulfonamides is 1. The molecule has 0 bridgehead atoms. The second-order valence-electron chi connectivity index (χ2n) is 4.84. The van der Waals surface area contributed by atoms with Gasteiger partial charge in [-0.2, -0.15) is 0 Å². The van der Waals surface area contributed by atoms with E-state index >= 15 is 0 Å². The SMILES string of the molecule is COc1ccc(Cl)cc1S(=O)(=O)NCc1nnc(-c2ccccn2)o1. The molecular weight excluding hydrogens is 368 g/mol. The van der Waals surface area contributed by atoms with Crippen LogP contribution in [0.5, 0.6) is 5.75 Å². The lowest BCUT2D eigenvalue weighted by atomic mass is 10.3. The third-order valence-electron chi connectivity index (χ3n) is 3.18.